The van der Waals surface area contributed by atoms with Gasteiger partial charge in [0.15, 0.2) is 12.1 Å². The molecule has 3 unspecified atom stereocenters. The van der Waals surface area contributed by atoms with Gasteiger partial charge < -0.3 is 20.1 Å². The molecule has 0 rings (SSSR count). The van der Waals surface area contributed by atoms with E-state index in [0.29, 0.717) is 25.7 Å². The van der Waals surface area contributed by atoms with E-state index < -0.39 is 40.5 Å². The Hall–Kier alpha value is -1.89. The van der Waals surface area contributed by atoms with E-state index in [2.05, 4.69) is 19.1 Å². The highest BCUT2D eigenvalue weighted by atomic mass is 16.4. The zero-order chi connectivity index (χ0) is 34.5. The topological polar surface area (TPSA) is 115 Å². The van der Waals surface area contributed by atoms with Gasteiger partial charge in [0.25, 0.3) is 0 Å². The normalized spacial score (nSPS) is 15.0. The molecule has 3 atom stereocenters. The van der Waals surface area contributed by atoms with Crippen molar-refractivity contribution in [2.45, 2.75) is 213 Å². The molecule has 0 aromatic heterocycles. The maximum atomic E-state index is 12.6. The molecule has 0 saturated carbocycles. The first kappa shape index (κ1) is 44.1. The molecule has 7 heteroatoms. The number of allylic oxidation sites excluding steroid dienone is 2. The standard InChI is InChI=1S/C39H73NO6/c1-5-9-10-11-12-13-14-15-16-17-18-19-20-21-22-23-24-25-26-27-28-29-33-40(34(30-6-2)37(41)42,35(31-7-3)38(43)44)36(32-8-4)39(45)46/h23-24,34-36H,5-22,25-33H2,1-4H3,(H2-,41,42,43,44,45,46)/b24-23+. The van der Waals surface area contributed by atoms with E-state index >= 15 is 0 Å². The third kappa shape index (κ3) is 18.4. The number of rotatable bonds is 34. The Balaban J connectivity index is 4.64. The van der Waals surface area contributed by atoms with E-state index in [-0.39, 0.29) is 25.8 Å². The van der Waals surface area contributed by atoms with Crippen molar-refractivity contribution in [3.63, 3.8) is 0 Å². The summed E-state index contributed by atoms with van der Waals surface area (Å²) >= 11 is 0. The average molecular weight is 652 g/mol. The van der Waals surface area contributed by atoms with E-state index in [1.54, 1.807) is 0 Å². The van der Waals surface area contributed by atoms with Crippen molar-refractivity contribution in [3.05, 3.63) is 12.2 Å². The van der Waals surface area contributed by atoms with Crippen LogP contribution in [-0.4, -0.2) is 57.3 Å². The predicted molar refractivity (Wildman–Crippen MR) is 189 cm³/mol. The van der Waals surface area contributed by atoms with Gasteiger partial charge in [-0.15, -0.1) is 0 Å². The zero-order valence-corrected chi connectivity index (χ0v) is 30.5. The van der Waals surface area contributed by atoms with Gasteiger partial charge in [-0.1, -0.05) is 136 Å². The monoisotopic (exact) mass is 652 g/mol. The first-order chi connectivity index (χ1) is 22.2. The molecule has 7 nitrogen and oxygen atoms in total. The molecule has 0 aliphatic heterocycles. The Morgan fingerprint density at radius 3 is 1.15 bits per heavy atom. The second kappa shape index (κ2) is 29.3. The lowest BCUT2D eigenvalue weighted by molar-refractivity contribution is -0.975. The predicted octanol–water partition coefficient (Wildman–Crippen LogP) is 9.61. The lowest BCUT2D eigenvalue weighted by Crippen LogP contribution is -2.74. The van der Waals surface area contributed by atoms with E-state index in [1.807, 2.05) is 20.8 Å². The summed E-state index contributed by atoms with van der Waals surface area (Å²) < 4.78 is -0.443. The van der Waals surface area contributed by atoms with Gasteiger partial charge in [-0.3, -0.25) is 4.48 Å². The largest absolute Gasteiger partial charge is 0.544 e. The van der Waals surface area contributed by atoms with E-state index in [4.69, 9.17) is 0 Å². The van der Waals surface area contributed by atoms with Gasteiger partial charge in [-0.25, -0.2) is 9.59 Å². The molecule has 46 heavy (non-hydrogen) atoms. The summed E-state index contributed by atoms with van der Waals surface area (Å²) in [6.07, 6.45) is 31.5. The second-order valence-corrected chi connectivity index (χ2v) is 13.7. The van der Waals surface area contributed by atoms with Crippen LogP contribution in [0.25, 0.3) is 0 Å². The molecule has 270 valence electrons. The van der Waals surface area contributed by atoms with Crippen LogP contribution in [0.2, 0.25) is 0 Å². The molecule has 0 saturated heterocycles. The summed E-state index contributed by atoms with van der Waals surface area (Å²) in [6.45, 7) is 8.07. The lowest BCUT2D eigenvalue weighted by Gasteiger charge is -2.52. The van der Waals surface area contributed by atoms with Crippen LogP contribution < -0.4 is 5.11 Å². The third-order valence-corrected chi connectivity index (χ3v) is 9.83. The minimum Gasteiger partial charge on any atom is -0.544 e. The Morgan fingerprint density at radius 1 is 0.500 bits per heavy atom. The smallest absolute Gasteiger partial charge is 0.362 e. The Bertz CT molecular complexity index is 738. The fourth-order valence-electron chi connectivity index (χ4n) is 7.33. The summed E-state index contributed by atoms with van der Waals surface area (Å²) in [5.74, 6) is -3.57. The van der Waals surface area contributed by atoms with Crippen LogP contribution in [0.4, 0.5) is 0 Å². The Morgan fingerprint density at radius 2 is 0.826 bits per heavy atom. The molecule has 0 aromatic rings. The number of carboxylic acids is 3. The van der Waals surface area contributed by atoms with E-state index in [0.717, 1.165) is 32.1 Å². The summed E-state index contributed by atoms with van der Waals surface area (Å²) in [5.41, 5.74) is 0. The number of carbonyl (C=O) groups is 3. The van der Waals surface area contributed by atoms with Crippen LogP contribution in [0.1, 0.15) is 195 Å². The summed E-state index contributed by atoms with van der Waals surface area (Å²) in [5, 5.41) is 33.1. The number of carboxylic acid groups (broad SMARTS) is 3. The SMILES string of the molecule is CCCCCCCCCCCCCCCC/C=C/CCCCCC[N+](C(CCC)C(=O)[O-])(C(CCC)C(=O)O)C(CCC)C(=O)O. The number of quaternary nitrogens is 1. The number of unbranched alkanes of at least 4 members (excludes halogenated alkanes) is 18. The molecule has 0 amide bonds. The number of hydrogen-bond donors (Lipinski definition) is 2. The molecule has 0 aromatic carbocycles. The molecule has 0 radical (unpaired) electrons. The number of hydrogen-bond acceptors (Lipinski definition) is 4. The van der Waals surface area contributed by atoms with E-state index in [1.165, 1.54) is 89.9 Å². The van der Waals surface area contributed by atoms with Crippen molar-refractivity contribution in [2.75, 3.05) is 6.54 Å². The highest BCUT2D eigenvalue weighted by molar-refractivity contribution is 5.77. The van der Waals surface area contributed by atoms with Crippen LogP contribution in [0, 0.1) is 0 Å². The lowest BCUT2D eigenvalue weighted by atomic mass is 9.91. The quantitative estimate of drug-likeness (QED) is 0.0407. The van der Waals surface area contributed by atoms with Gasteiger partial charge in [-0.05, 0) is 51.4 Å². The average Bonchev–Trinajstić information content (AvgIpc) is 3.02. The van der Waals surface area contributed by atoms with Gasteiger partial charge in [0.1, 0.15) is 6.04 Å². The van der Waals surface area contributed by atoms with Gasteiger partial charge >= 0.3 is 11.9 Å². The maximum absolute atomic E-state index is 12.6. The van der Waals surface area contributed by atoms with Crippen molar-refractivity contribution in [1.29, 1.82) is 0 Å². The third-order valence-electron chi connectivity index (χ3n) is 9.83. The van der Waals surface area contributed by atoms with Gasteiger partial charge in [0, 0.05) is 19.3 Å². The summed E-state index contributed by atoms with van der Waals surface area (Å²) in [6, 6.07) is -3.35. The molecule has 0 aliphatic rings. The van der Waals surface area contributed by atoms with Gasteiger partial charge in [0.05, 0.1) is 12.5 Å². The molecule has 2 N–H and O–H groups in total. The highest BCUT2D eigenvalue weighted by Crippen LogP contribution is 2.34. The van der Waals surface area contributed by atoms with Crippen molar-refractivity contribution < 1.29 is 34.2 Å². The maximum Gasteiger partial charge on any atom is 0.362 e. The van der Waals surface area contributed by atoms with Crippen LogP contribution in [-0.2, 0) is 14.4 Å². The minimum absolute atomic E-state index is 0.202. The zero-order valence-electron chi connectivity index (χ0n) is 30.5. The van der Waals surface area contributed by atoms with Crippen molar-refractivity contribution in [2.24, 2.45) is 0 Å². The summed E-state index contributed by atoms with van der Waals surface area (Å²) in [4.78, 5) is 37.7. The van der Waals surface area contributed by atoms with Gasteiger partial charge in [0.2, 0.25) is 0 Å². The Labute approximate surface area is 283 Å². The molecular weight excluding hydrogens is 578 g/mol. The Kier molecular flexibility index (Phi) is 28.1. The van der Waals surface area contributed by atoms with Crippen molar-refractivity contribution in [1.82, 2.24) is 0 Å². The van der Waals surface area contributed by atoms with Crippen molar-refractivity contribution >= 4 is 17.9 Å². The number of aliphatic carboxylic acids is 3. The summed E-state index contributed by atoms with van der Waals surface area (Å²) in [7, 11) is 0. The van der Waals surface area contributed by atoms with Crippen LogP contribution >= 0.6 is 0 Å². The highest BCUT2D eigenvalue weighted by Gasteiger charge is 2.54. The fourth-order valence-corrected chi connectivity index (χ4v) is 7.33. The first-order valence-electron chi connectivity index (χ1n) is 19.4. The molecule has 0 aliphatic carbocycles. The molecular formula is C39H73NO6. The van der Waals surface area contributed by atoms with Crippen molar-refractivity contribution in [3.8, 4) is 0 Å². The van der Waals surface area contributed by atoms with E-state index in [9.17, 15) is 29.7 Å². The van der Waals surface area contributed by atoms with Gasteiger partial charge in [-0.2, -0.15) is 0 Å². The molecule has 0 fully saturated rings. The van der Waals surface area contributed by atoms with Crippen LogP contribution in [0.15, 0.2) is 12.2 Å². The first-order valence-corrected chi connectivity index (χ1v) is 19.4. The second-order valence-electron chi connectivity index (χ2n) is 13.7. The molecule has 0 heterocycles. The molecule has 0 bridgehead atoms. The number of nitrogens with zero attached hydrogens (tertiary/aromatic N) is 1. The minimum atomic E-state index is -1.34. The number of carbonyl (C=O) groups excluding carboxylic acids is 1. The van der Waals surface area contributed by atoms with Crippen LogP contribution in [0.5, 0.6) is 0 Å². The fraction of sp³-hybridized carbons (Fsp3) is 0.872. The molecule has 0 spiro atoms. The van der Waals surface area contributed by atoms with Crippen LogP contribution in [0.3, 0.4) is 0 Å².